The number of halogens is 1. The number of amides is 1. The molecule has 1 aromatic heterocycles. The highest BCUT2D eigenvalue weighted by atomic mass is 35.5. The van der Waals surface area contributed by atoms with Gasteiger partial charge in [0.1, 0.15) is 5.15 Å². The van der Waals surface area contributed by atoms with Crippen LogP contribution in [-0.2, 0) is 4.74 Å². The predicted octanol–water partition coefficient (Wildman–Crippen LogP) is 2.02. The minimum absolute atomic E-state index is 0.164. The van der Waals surface area contributed by atoms with E-state index >= 15 is 0 Å². The van der Waals surface area contributed by atoms with Crippen molar-refractivity contribution < 1.29 is 9.53 Å². The molecule has 0 aliphatic rings. The molecule has 0 unspecified atom stereocenters. The number of nitrogens with zero attached hydrogens (tertiary/aromatic N) is 1. The van der Waals surface area contributed by atoms with Gasteiger partial charge in [0.05, 0.1) is 18.4 Å². The summed E-state index contributed by atoms with van der Waals surface area (Å²) in [7, 11) is 0. The van der Waals surface area contributed by atoms with E-state index in [0.717, 1.165) is 6.42 Å². The quantitative estimate of drug-likeness (QED) is 0.470. The summed E-state index contributed by atoms with van der Waals surface area (Å²) in [5.74, 6) is -0.164. The number of nitrogens with one attached hydrogen (secondary N) is 1. The zero-order chi connectivity index (χ0) is 11.8. The van der Waals surface area contributed by atoms with E-state index in [1.807, 2.05) is 0 Å². The van der Waals surface area contributed by atoms with E-state index in [9.17, 15) is 4.79 Å². The van der Waals surface area contributed by atoms with Gasteiger partial charge in [-0.05, 0) is 18.6 Å². The van der Waals surface area contributed by atoms with Gasteiger partial charge in [-0.2, -0.15) is 0 Å². The Morgan fingerprint density at radius 3 is 3.06 bits per heavy atom. The molecule has 1 rings (SSSR count). The van der Waals surface area contributed by atoms with Crippen LogP contribution in [0.1, 0.15) is 16.8 Å². The summed E-state index contributed by atoms with van der Waals surface area (Å²) in [5.41, 5.74) is 0.494. The third-order valence-corrected chi connectivity index (χ3v) is 2.06. The van der Waals surface area contributed by atoms with Crippen molar-refractivity contribution in [1.29, 1.82) is 0 Å². The third-order valence-electron chi connectivity index (χ3n) is 1.83. The van der Waals surface area contributed by atoms with Gasteiger partial charge in [-0.25, -0.2) is 4.98 Å². The molecule has 0 bridgehead atoms. The molecule has 0 fully saturated rings. The summed E-state index contributed by atoms with van der Waals surface area (Å²) in [5, 5.41) is 3.11. The fraction of sp³-hybridized carbons (Fsp3) is 0.273. The summed E-state index contributed by atoms with van der Waals surface area (Å²) >= 11 is 5.61. The fourth-order valence-corrected chi connectivity index (χ4v) is 1.16. The van der Waals surface area contributed by atoms with Crippen LogP contribution in [-0.4, -0.2) is 24.0 Å². The summed E-state index contributed by atoms with van der Waals surface area (Å²) in [6, 6.07) is 3.21. The van der Waals surface area contributed by atoms with Gasteiger partial charge in [0.25, 0.3) is 5.91 Å². The molecular weight excluding hydrogens is 228 g/mol. The van der Waals surface area contributed by atoms with Crippen LogP contribution in [0.4, 0.5) is 0 Å². The summed E-state index contributed by atoms with van der Waals surface area (Å²) in [4.78, 5) is 15.4. The molecule has 1 amide bonds. The Bertz CT molecular complexity index is 352. The smallest absolute Gasteiger partial charge is 0.252 e. The van der Waals surface area contributed by atoms with E-state index in [2.05, 4.69) is 16.9 Å². The summed E-state index contributed by atoms with van der Waals surface area (Å²) in [6.07, 6.45) is 3.56. The van der Waals surface area contributed by atoms with Crippen LogP contribution in [0.5, 0.6) is 0 Å². The maximum atomic E-state index is 11.5. The van der Waals surface area contributed by atoms with Crippen LogP contribution in [0.3, 0.4) is 0 Å². The molecule has 0 spiro atoms. The van der Waals surface area contributed by atoms with Gasteiger partial charge in [0.15, 0.2) is 0 Å². The first-order valence-electron chi connectivity index (χ1n) is 4.86. The second-order valence-electron chi connectivity index (χ2n) is 3.02. The molecule has 5 heteroatoms. The lowest BCUT2D eigenvalue weighted by Gasteiger charge is -2.04. The standard InChI is InChI=1S/C11H13ClN2O2/c1-2-16-7-3-6-13-11(15)9-4-5-10(12)14-8-9/h2,4-5,8H,1,3,6-7H2,(H,13,15). The van der Waals surface area contributed by atoms with E-state index in [4.69, 9.17) is 16.3 Å². The Hall–Kier alpha value is -1.55. The molecule has 0 aliphatic heterocycles. The molecule has 16 heavy (non-hydrogen) atoms. The number of carbonyl (C=O) groups is 1. The topological polar surface area (TPSA) is 51.2 Å². The van der Waals surface area contributed by atoms with Crippen LogP contribution < -0.4 is 5.32 Å². The molecule has 0 saturated heterocycles. The van der Waals surface area contributed by atoms with Crippen molar-refractivity contribution in [3.63, 3.8) is 0 Å². The van der Waals surface area contributed by atoms with Gasteiger partial charge < -0.3 is 10.1 Å². The van der Waals surface area contributed by atoms with Crippen molar-refractivity contribution in [2.24, 2.45) is 0 Å². The molecule has 1 aromatic rings. The monoisotopic (exact) mass is 240 g/mol. The normalized spacial score (nSPS) is 9.56. The lowest BCUT2D eigenvalue weighted by molar-refractivity contribution is 0.0950. The van der Waals surface area contributed by atoms with Crippen molar-refractivity contribution in [2.75, 3.05) is 13.2 Å². The average molecular weight is 241 g/mol. The van der Waals surface area contributed by atoms with E-state index in [-0.39, 0.29) is 5.91 Å². The lowest BCUT2D eigenvalue weighted by atomic mass is 10.2. The van der Waals surface area contributed by atoms with Crippen LogP contribution in [0.15, 0.2) is 31.2 Å². The highest BCUT2D eigenvalue weighted by Gasteiger charge is 2.04. The van der Waals surface area contributed by atoms with E-state index in [0.29, 0.717) is 23.9 Å². The van der Waals surface area contributed by atoms with E-state index in [1.165, 1.54) is 12.5 Å². The minimum atomic E-state index is -0.164. The Balaban J connectivity index is 2.29. The van der Waals surface area contributed by atoms with Crippen molar-refractivity contribution in [3.8, 4) is 0 Å². The molecule has 0 aromatic carbocycles. The molecule has 0 saturated carbocycles. The molecule has 0 radical (unpaired) electrons. The number of carbonyl (C=O) groups excluding carboxylic acids is 1. The molecule has 1 N–H and O–H groups in total. The molecule has 1 heterocycles. The van der Waals surface area contributed by atoms with Crippen molar-refractivity contribution >= 4 is 17.5 Å². The molecule has 86 valence electrons. The van der Waals surface area contributed by atoms with Gasteiger partial charge in [-0.15, -0.1) is 0 Å². The molecule has 4 nitrogen and oxygen atoms in total. The maximum absolute atomic E-state index is 11.5. The SMILES string of the molecule is C=COCCCNC(=O)c1ccc(Cl)nc1. The Labute approximate surface area is 99.3 Å². The second-order valence-corrected chi connectivity index (χ2v) is 3.40. The van der Waals surface area contributed by atoms with Crippen molar-refractivity contribution in [3.05, 3.63) is 41.9 Å². The summed E-state index contributed by atoms with van der Waals surface area (Å²) in [6.45, 7) is 4.51. The van der Waals surface area contributed by atoms with Crippen LogP contribution >= 0.6 is 11.6 Å². The Morgan fingerprint density at radius 2 is 2.44 bits per heavy atom. The van der Waals surface area contributed by atoms with E-state index < -0.39 is 0 Å². The van der Waals surface area contributed by atoms with Crippen LogP contribution in [0.25, 0.3) is 0 Å². The largest absolute Gasteiger partial charge is 0.502 e. The number of pyridine rings is 1. The number of aromatic nitrogens is 1. The second kappa shape index (κ2) is 6.85. The minimum Gasteiger partial charge on any atom is -0.502 e. The van der Waals surface area contributed by atoms with Gasteiger partial charge in [0.2, 0.25) is 0 Å². The zero-order valence-corrected chi connectivity index (χ0v) is 9.54. The summed E-state index contributed by atoms with van der Waals surface area (Å²) < 4.78 is 4.92. The molecule has 0 atom stereocenters. The van der Waals surface area contributed by atoms with Crippen molar-refractivity contribution in [1.82, 2.24) is 10.3 Å². The first kappa shape index (κ1) is 12.5. The zero-order valence-electron chi connectivity index (χ0n) is 8.78. The number of rotatable bonds is 6. The number of ether oxygens (including phenoxy) is 1. The van der Waals surface area contributed by atoms with E-state index in [1.54, 1.807) is 12.1 Å². The van der Waals surface area contributed by atoms with Gasteiger partial charge >= 0.3 is 0 Å². The predicted molar refractivity (Wildman–Crippen MR) is 62.3 cm³/mol. The Morgan fingerprint density at radius 1 is 1.62 bits per heavy atom. The first-order chi connectivity index (χ1) is 7.74. The van der Waals surface area contributed by atoms with Gasteiger partial charge in [-0.1, -0.05) is 18.2 Å². The average Bonchev–Trinajstić information content (AvgIpc) is 2.29. The Kier molecular flexibility index (Phi) is 5.36. The van der Waals surface area contributed by atoms with Gasteiger partial charge in [-0.3, -0.25) is 4.79 Å². The maximum Gasteiger partial charge on any atom is 0.252 e. The first-order valence-corrected chi connectivity index (χ1v) is 5.24. The third kappa shape index (κ3) is 4.31. The number of hydrogen-bond donors (Lipinski definition) is 1. The fourth-order valence-electron chi connectivity index (χ4n) is 1.05. The lowest BCUT2D eigenvalue weighted by Crippen LogP contribution is -2.25. The van der Waals surface area contributed by atoms with Crippen LogP contribution in [0, 0.1) is 0 Å². The van der Waals surface area contributed by atoms with Gasteiger partial charge in [0, 0.05) is 12.7 Å². The molecular formula is C11H13ClN2O2. The van der Waals surface area contributed by atoms with Crippen molar-refractivity contribution in [2.45, 2.75) is 6.42 Å². The highest BCUT2D eigenvalue weighted by molar-refractivity contribution is 6.29. The highest BCUT2D eigenvalue weighted by Crippen LogP contribution is 2.04. The van der Waals surface area contributed by atoms with Crippen LogP contribution in [0.2, 0.25) is 5.15 Å². The molecule has 0 aliphatic carbocycles. The number of hydrogen-bond acceptors (Lipinski definition) is 3.